The van der Waals surface area contributed by atoms with Gasteiger partial charge in [0.2, 0.25) is 16.8 Å². The fourth-order valence-electron chi connectivity index (χ4n) is 7.05. The molecular formula is C37H51N3O12S. The Morgan fingerprint density at radius 1 is 1.04 bits per heavy atom. The number of sulfonamides is 1. The van der Waals surface area contributed by atoms with Crippen molar-refractivity contribution in [1.29, 1.82) is 0 Å². The number of fused-ring (bicyclic) bond motifs is 2. The van der Waals surface area contributed by atoms with Crippen LogP contribution in [0.3, 0.4) is 0 Å². The average Bonchev–Trinajstić information content (AvgIpc) is 3.90. The van der Waals surface area contributed by atoms with Crippen molar-refractivity contribution in [2.45, 2.75) is 75.4 Å². The van der Waals surface area contributed by atoms with Gasteiger partial charge >= 0.3 is 12.2 Å². The van der Waals surface area contributed by atoms with Crippen molar-refractivity contribution in [2.75, 3.05) is 66.0 Å². The molecule has 292 valence electrons. The highest BCUT2D eigenvalue weighted by molar-refractivity contribution is 7.89. The first-order valence-corrected chi connectivity index (χ1v) is 19.7. The zero-order valence-electron chi connectivity index (χ0n) is 30.4. The summed E-state index contributed by atoms with van der Waals surface area (Å²) in [5.74, 6) is 0.688. The third kappa shape index (κ3) is 10.3. The minimum atomic E-state index is -4.19. The van der Waals surface area contributed by atoms with Crippen LogP contribution in [0.5, 0.6) is 11.5 Å². The summed E-state index contributed by atoms with van der Waals surface area (Å²) in [7, 11) is -4.19. The number of unbranched alkanes of at least 4 members (excludes halogenated alkanes) is 1. The average molecular weight is 762 g/mol. The molecule has 0 unspecified atom stereocenters. The highest BCUT2D eigenvalue weighted by atomic mass is 32.2. The molecule has 4 aliphatic rings. The molecule has 2 aromatic carbocycles. The number of morpholine rings is 1. The van der Waals surface area contributed by atoms with Gasteiger partial charge in [-0.2, -0.15) is 4.31 Å². The first-order chi connectivity index (χ1) is 25.5. The third-order valence-electron chi connectivity index (χ3n) is 10.0. The molecule has 0 saturated carbocycles. The molecular weight excluding hydrogens is 710 g/mol. The lowest BCUT2D eigenvalue weighted by molar-refractivity contribution is -0.0907. The van der Waals surface area contributed by atoms with Gasteiger partial charge in [-0.1, -0.05) is 44.2 Å². The van der Waals surface area contributed by atoms with Crippen molar-refractivity contribution >= 4 is 22.2 Å². The maximum Gasteiger partial charge on any atom is 0.409 e. The molecule has 16 heteroatoms. The summed E-state index contributed by atoms with van der Waals surface area (Å²) < 4.78 is 68.6. The topological polar surface area (TPSA) is 172 Å². The molecule has 0 bridgehead atoms. The summed E-state index contributed by atoms with van der Waals surface area (Å²) in [6.45, 7) is 6.60. The molecule has 6 rings (SSSR count). The minimum Gasteiger partial charge on any atom is -0.454 e. The lowest BCUT2D eigenvalue weighted by Crippen LogP contribution is -2.52. The van der Waals surface area contributed by atoms with Crippen LogP contribution in [0.4, 0.5) is 9.59 Å². The number of amides is 2. The van der Waals surface area contributed by atoms with E-state index < -0.39 is 46.1 Å². The first kappa shape index (κ1) is 39.0. The second kappa shape index (κ2) is 17.6. The Morgan fingerprint density at radius 3 is 2.60 bits per heavy atom. The lowest BCUT2D eigenvalue weighted by atomic mass is 9.87. The highest BCUT2D eigenvalue weighted by Crippen LogP contribution is 2.36. The summed E-state index contributed by atoms with van der Waals surface area (Å²) >= 11 is 0. The standard InChI is InChI=1S/C37H51N3O12S/c1-37(2,13-6-7-16-48-36(43)39-14-18-46-19-15-39)24-40(53(44,45)27-10-11-31-32(21-27)51-25-50-31)22-30(41)29(20-26-8-4-3-5-9-26)38-35(42)52-33-23-49-34-28(33)12-17-47-34/h3-5,8-11,21,28-30,33-34,41H,6-7,12-20,22-25H2,1-2H3,(H,38,42)/t28-,29-,30+,33-,34+/m0/s1. The Morgan fingerprint density at radius 2 is 1.81 bits per heavy atom. The van der Waals surface area contributed by atoms with Gasteiger partial charge in [-0.25, -0.2) is 18.0 Å². The molecule has 3 fully saturated rings. The van der Waals surface area contributed by atoms with Crippen LogP contribution in [0.25, 0.3) is 0 Å². The molecule has 3 saturated heterocycles. The van der Waals surface area contributed by atoms with Crippen LogP contribution in [0.2, 0.25) is 0 Å². The molecule has 2 aromatic rings. The summed E-state index contributed by atoms with van der Waals surface area (Å²) in [5.41, 5.74) is 0.284. The first-order valence-electron chi connectivity index (χ1n) is 18.3. The summed E-state index contributed by atoms with van der Waals surface area (Å²) in [6.07, 6.45) is -0.510. The number of benzene rings is 2. The number of nitrogens with zero attached hydrogens (tertiary/aromatic N) is 2. The van der Waals surface area contributed by atoms with E-state index in [1.165, 1.54) is 16.4 Å². The molecule has 2 N–H and O–H groups in total. The molecule has 0 aromatic heterocycles. The Labute approximate surface area is 310 Å². The van der Waals surface area contributed by atoms with Gasteiger partial charge in [0, 0.05) is 32.2 Å². The second-order valence-corrected chi connectivity index (χ2v) is 16.6. The molecule has 5 atom stereocenters. The Balaban J connectivity index is 1.15. The number of alkyl carbamates (subject to hydrolysis) is 1. The molecule has 0 aliphatic carbocycles. The lowest BCUT2D eigenvalue weighted by Gasteiger charge is -2.35. The fourth-order valence-corrected chi connectivity index (χ4v) is 8.71. The van der Waals surface area contributed by atoms with Crippen LogP contribution in [0, 0.1) is 11.3 Å². The van der Waals surface area contributed by atoms with Gasteiger partial charge in [0.05, 0.1) is 56.0 Å². The van der Waals surface area contributed by atoms with Crippen molar-refractivity contribution in [3.05, 3.63) is 54.1 Å². The number of hydrogen-bond acceptors (Lipinski definition) is 12. The number of nitrogens with one attached hydrogen (secondary N) is 1. The Bertz CT molecular complexity index is 1640. The number of aliphatic hydroxyl groups excluding tert-OH is 1. The molecule has 15 nitrogen and oxygen atoms in total. The van der Waals surface area contributed by atoms with Gasteiger partial charge in [-0.05, 0) is 55.2 Å². The zero-order valence-corrected chi connectivity index (χ0v) is 31.2. The maximum atomic E-state index is 14.4. The van der Waals surface area contributed by atoms with Gasteiger partial charge in [-0.15, -0.1) is 0 Å². The van der Waals surface area contributed by atoms with Crippen LogP contribution in [-0.4, -0.2) is 125 Å². The van der Waals surface area contributed by atoms with Crippen molar-refractivity contribution in [2.24, 2.45) is 11.3 Å². The van der Waals surface area contributed by atoms with E-state index in [1.54, 1.807) is 11.0 Å². The predicted octanol–water partition coefficient (Wildman–Crippen LogP) is 3.53. The number of carbonyl (C=O) groups excluding carboxylic acids is 2. The molecule has 4 heterocycles. The van der Waals surface area contributed by atoms with Gasteiger partial charge in [0.15, 0.2) is 17.8 Å². The molecule has 4 aliphatic heterocycles. The largest absolute Gasteiger partial charge is 0.454 e. The monoisotopic (exact) mass is 761 g/mol. The molecule has 0 radical (unpaired) electrons. The van der Waals surface area contributed by atoms with Gasteiger partial charge in [0.25, 0.3) is 0 Å². The van der Waals surface area contributed by atoms with Gasteiger partial charge < -0.3 is 48.5 Å². The number of carbonyl (C=O) groups is 2. The van der Waals surface area contributed by atoms with E-state index in [2.05, 4.69) is 5.32 Å². The highest BCUT2D eigenvalue weighted by Gasteiger charge is 2.44. The number of rotatable bonds is 16. The second-order valence-electron chi connectivity index (χ2n) is 14.6. The van der Waals surface area contributed by atoms with Crippen molar-refractivity contribution in [1.82, 2.24) is 14.5 Å². The van der Waals surface area contributed by atoms with E-state index in [-0.39, 0.29) is 56.4 Å². The fraction of sp³-hybridized carbons (Fsp3) is 0.622. The molecule has 0 spiro atoms. The Hall–Kier alpha value is -3.67. The van der Waals surface area contributed by atoms with Crippen LogP contribution in [0.15, 0.2) is 53.4 Å². The van der Waals surface area contributed by atoms with Crippen LogP contribution in [-0.2, 0) is 40.1 Å². The Kier molecular flexibility index (Phi) is 13.0. The number of hydrogen-bond donors (Lipinski definition) is 2. The zero-order chi connectivity index (χ0) is 37.4. The van der Waals surface area contributed by atoms with Crippen molar-refractivity contribution < 1.29 is 56.3 Å². The van der Waals surface area contributed by atoms with Crippen molar-refractivity contribution in [3.8, 4) is 11.5 Å². The number of ether oxygens (including phenoxy) is 7. The SMILES string of the molecule is CC(C)(CCCCOC(=O)N1CCOCC1)CN(C[C@@H](O)[C@H](Cc1ccccc1)NC(=O)O[C@H]1CO[C@H]2OCC[C@H]21)S(=O)(=O)c1ccc2c(c1)OCO2. The van der Waals surface area contributed by atoms with E-state index >= 15 is 0 Å². The van der Waals surface area contributed by atoms with Gasteiger partial charge in [0.1, 0.15) is 6.10 Å². The summed E-state index contributed by atoms with van der Waals surface area (Å²) in [5, 5.41) is 14.7. The van der Waals surface area contributed by atoms with E-state index in [1.807, 2.05) is 44.2 Å². The van der Waals surface area contributed by atoms with E-state index in [0.29, 0.717) is 70.1 Å². The predicted molar refractivity (Wildman–Crippen MR) is 190 cm³/mol. The molecule has 53 heavy (non-hydrogen) atoms. The molecule has 2 amide bonds. The third-order valence-corrected chi connectivity index (χ3v) is 11.8. The van der Waals surface area contributed by atoms with E-state index in [4.69, 9.17) is 33.2 Å². The smallest absolute Gasteiger partial charge is 0.409 e. The van der Waals surface area contributed by atoms with Crippen LogP contribution >= 0.6 is 0 Å². The van der Waals surface area contributed by atoms with Gasteiger partial charge in [-0.3, -0.25) is 0 Å². The summed E-state index contributed by atoms with van der Waals surface area (Å²) in [6, 6.07) is 12.9. The maximum absolute atomic E-state index is 14.4. The van der Waals surface area contributed by atoms with Crippen molar-refractivity contribution in [3.63, 3.8) is 0 Å². The number of aliphatic hydroxyl groups is 1. The van der Waals surface area contributed by atoms with Crippen LogP contribution in [0.1, 0.15) is 45.1 Å². The van der Waals surface area contributed by atoms with Crippen LogP contribution < -0.4 is 14.8 Å². The summed E-state index contributed by atoms with van der Waals surface area (Å²) in [4.78, 5) is 27.3. The quantitative estimate of drug-likeness (QED) is 0.239. The normalized spacial score (nSPS) is 22.3. The van der Waals surface area contributed by atoms with E-state index in [0.717, 1.165) is 5.56 Å². The minimum absolute atomic E-state index is 0.0127. The van der Waals surface area contributed by atoms with E-state index in [9.17, 15) is 23.1 Å².